The van der Waals surface area contributed by atoms with E-state index in [1.807, 2.05) is 0 Å². The summed E-state index contributed by atoms with van der Waals surface area (Å²) >= 11 is 0. The Kier molecular flexibility index (Phi) is 3.10. The molecular weight excluding hydrogens is 180 g/mol. The molecule has 1 unspecified atom stereocenters. The Labute approximate surface area is 85.1 Å². The molecule has 14 heavy (non-hydrogen) atoms. The van der Waals surface area contributed by atoms with E-state index in [0.29, 0.717) is 18.6 Å². The van der Waals surface area contributed by atoms with Gasteiger partial charge in [-0.15, -0.1) is 0 Å². The van der Waals surface area contributed by atoms with Crippen LogP contribution >= 0.6 is 0 Å². The van der Waals surface area contributed by atoms with Crippen LogP contribution in [0.2, 0.25) is 0 Å². The van der Waals surface area contributed by atoms with Gasteiger partial charge in [-0.1, -0.05) is 0 Å². The van der Waals surface area contributed by atoms with Crippen molar-refractivity contribution in [3.05, 3.63) is 0 Å². The molecule has 82 valence electrons. The SMILES string of the molecule is OCC1CCC(CO)(CC2CO2)CC1. The van der Waals surface area contributed by atoms with Crippen molar-refractivity contribution in [1.82, 2.24) is 0 Å². The molecule has 0 aromatic heterocycles. The Balaban J connectivity index is 1.86. The molecule has 1 saturated heterocycles. The van der Waals surface area contributed by atoms with Gasteiger partial charge >= 0.3 is 0 Å². The Hall–Kier alpha value is -0.120. The van der Waals surface area contributed by atoms with Gasteiger partial charge in [0.15, 0.2) is 0 Å². The fraction of sp³-hybridized carbons (Fsp3) is 1.00. The predicted molar refractivity (Wildman–Crippen MR) is 52.9 cm³/mol. The topological polar surface area (TPSA) is 53.0 Å². The van der Waals surface area contributed by atoms with Crippen molar-refractivity contribution >= 4 is 0 Å². The van der Waals surface area contributed by atoms with Gasteiger partial charge in [-0.3, -0.25) is 0 Å². The van der Waals surface area contributed by atoms with Gasteiger partial charge in [-0.25, -0.2) is 0 Å². The minimum absolute atomic E-state index is 0.104. The molecular formula is C11H20O3. The highest BCUT2D eigenvalue weighted by Crippen LogP contribution is 2.43. The Morgan fingerprint density at radius 2 is 1.86 bits per heavy atom. The van der Waals surface area contributed by atoms with Gasteiger partial charge in [-0.2, -0.15) is 0 Å². The molecule has 1 aliphatic carbocycles. The van der Waals surface area contributed by atoms with Crippen LogP contribution in [0, 0.1) is 11.3 Å². The monoisotopic (exact) mass is 200 g/mol. The van der Waals surface area contributed by atoms with E-state index in [4.69, 9.17) is 9.84 Å². The number of epoxide rings is 1. The van der Waals surface area contributed by atoms with Crippen LogP contribution in [0.3, 0.4) is 0 Å². The molecule has 2 rings (SSSR count). The number of aliphatic hydroxyl groups is 2. The molecule has 0 radical (unpaired) electrons. The lowest BCUT2D eigenvalue weighted by Gasteiger charge is -2.38. The minimum atomic E-state index is 0.104. The zero-order valence-electron chi connectivity index (χ0n) is 8.61. The number of rotatable bonds is 4. The summed E-state index contributed by atoms with van der Waals surface area (Å²) in [4.78, 5) is 0. The summed E-state index contributed by atoms with van der Waals surface area (Å²) in [6.07, 6.45) is 5.64. The minimum Gasteiger partial charge on any atom is -0.396 e. The van der Waals surface area contributed by atoms with Gasteiger partial charge in [0.05, 0.1) is 12.7 Å². The van der Waals surface area contributed by atoms with Gasteiger partial charge < -0.3 is 14.9 Å². The fourth-order valence-corrected chi connectivity index (χ4v) is 2.57. The van der Waals surface area contributed by atoms with Crippen molar-refractivity contribution in [2.24, 2.45) is 11.3 Å². The maximum absolute atomic E-state index is 9.46. The number of aliphatic hydroxyl groups excluding tert-OH is 2. The van der Waals surface area contributed by atoms with Crippen LogP contribution in [0.1, 0.15) is 32.1 Å². The van der Waals surface area contributed by atoms with Crippen molar-refractivity contribution in [1.29, 1.82) is 0 Å². The first-order valence-corrected chi connectivity index (χ1v) is 5.61. The Bertz CT molecular complexity index is 181. The zero-order valence-corrected chi connectivity index (χ0v) is 8.61. The lowest BCUT2D eigenvalue weighted by molar-refractivity contribution is 0.0366. The average molecular weight is 200 g/mol. The highest BCUT2D eigenvalue weighted by Gasteiger charge is 2.40. The van der Waals surface area contributed by atoms with Crippen LogP contribution in [-0.4, -0.2) is 36.1 Å². The van der Waals surface area contributed by atoms with Crippen LogP contribution in [0.25, 0.3) is 0 Å². The van der Waals surface area contributed by atoms with Crippen LogP contribution in [0.15, 0.2) is 0 Å². The van der Waals surface area contributed by atoms with Gasteiger partial charge in [0.25, 0.3) is 0 Å². The van der Waals surface area contributed by atoms with E-state index in [-0.39, 0.29) is 12.0 Å². The fourth-order valence-electron chi connectivity index (χ4n) is 2.57. The number of hydrogen-bond acceptors (Lipinski definition) is 3. The molecule has 2 N–H and O–H groups in total. The Morgan fingerprint density at radius 1 is 1.21 bits per heavy atom. The summed E-state index contributed by atoms with van der Waals surface area (Å²) in [5.74, 6) is 0.467. The molecule has 0 aromatic carbocycles. The van der Waals surface area contributed by atoms with E-state index in [1.165, 1.54) is 0 Å². The van der Waals surface area contributed by atoms with Gasteiger partial charge in [-0.05, 0) is 43.4 Å². The summed E-state index contributed by atoms with van der Waals surface area (Å²) in [7, 11) is 0. The lowest BCUT2D eigenvalue weighted by atomic mass is 9.68. The first-order valence-electron chi connectivity index (χ1n) is 5.61. The van der Waals surface area contributed by atoms with Gasteiger partial charge in [0, 0.05) is 13.2 Å². The van der Waals surface area contributed by atoms with Crippen LogP contribution in [0.4, 0.5) is 0 Å². The molecule has 0 spiro atoms. The highest BCUT2D eigenvalue weighted by atomic mass is 16.6. The first kappa shape index (κ1) is 10.4. The molecule has 2 aliphatic rings. The van der Waals surface area contributed by atoms with E-state index >= 15 is 0 Å². The third-order valence-corrected chi connectivity index (χ3v) is 3.82. The molecule has 1 heterocycles. The largest absolute Gasteiger partial charge is 0.396 e. The maximum Gasteiger partial charge on any atom is 0.0816 e. The standard InChI is InChI=1S/C11H20O3/c12-6-9-1-3-11(8-13,4-2-9)5-10-7-14-10/h9-10,12-13H,1-8H2. The molecule has 0 amide bonds. The number of ether oxygens (including phenoxy) is 1. The quantitative estimate of drug-likeness (QED) is 0.664. The van der Waals surface area contributed by atoms with E-state index in [1.54, 1.807) is 0 Å². The van der Waals surface area contributed by atoms with Crippen molar-refractivity contribution < 1.29 is 14.9 Å². The maximum atomic E-state index is 9.46. The second-order valence-corrected chi connectivity index (χ2v) is 4.94. The summed E-state index contributed by atoms with van der Waals surface area (Å²) in [5, 5.41) is 18.5. The molecule has 1 atom stereocenters. The molecule has 1 saturated carbocycles. The second-order valence-electron chi connectivity index (χ2n) is 4.94. The van der Waals surface area contributed by atoms with Crippen molar-refractivity contribution in [3.8, 4) is 0 Å². The van der Waals surface area contributed by atoms with Crippen molar-refractivity contribution in [2.75, 3.05) is 19.8 Å². The predicted octanol–water partition coefficient (Wildman–Crippen LogP) is 0.936. The van der Waals surface area contributed by atoms with Crippen molar-refractivity contribution in [3.63, 3.8) is 0 Å². The summed E-state index contributed by atoms with van der Waals surface area (Å²) < 4.78 is 5.23. The van der Waals surface area contributed by atoms with Crippen LogP contribution < -0.4 is 0 Å². The second kappa shape index (κ2) is 4.17. The molecule has 1 aliphatic heterocycles. The molecule has 2 fully saturated rings. The lowest BCUT2D eigenvalue weighted by Crippen LogP contribution is -2.33. The normalized spacial score (nSPS) is 42.4. The first-order chi connectivity index (χ1) is 6.78. The highest BCUT2D eigenvalue weighted by molar-refractivity contribution is 4.89. The summed E-state index contributed by atoms with van der Waals surface area (Å²) in [6, 6.07) is 0. The summed E-state index contributed by atoms with van der Waals surface area (Å²) in [6.45, 7) is 1.47. The van der Waals surface area contributed by atoms with Crippen LogP contribution in [0.5, 0.6) is 0 Å². The number of hydrogen-bond donors (Lipinski definition) is 2. The van der Waals surface area contributed by atoms with Crippen molar-refractivity contribution in [2.45, 2.75) is 38.2 Å². The molecule has 3 nitrogen and oxygen atoms in total. The average Bonchev–Trinajstić information content (AvgIpc) is 3.03. The van der Waals surface area contributed by atoms with Gasteiger partial charge in [0.2, 0.25) is 0 Å². The van der Waals surface area contributed by atoms with E-state index < -0.39 is 0 Å². The Morgan fingerprint density at radius 3 is 2.29 bits per heavy atom. The molecule has 0 bridgehead atoms. The smallest absolute Gasteiger partial charge is 0.0816 e. The van der Waals surface area contributed by atoms with E-state index in [0.717, 1.165) is 38.7 Å². The van der Waals surface area contributed by atoms with Crippen LogP contribution in [-0.2, 0) is 4.74 Å². The third-order valence-electron chi connectivity index (χ3n) is 3.82. The van der Waals surface area contributed by atoms with E-state index in [9.17, 15) is 5.11 Å². The third kappa shape index (κ3) is 2.27. The van der Waals surface area contributed by atoms with E-state index in [2.05, 4.69) is 0 Å². The zero-order chi connectivity index (χ0) is 10.0. The molecule has 3 heteroatoms. The summed E-state index contributed by atoms with van der Waals surface area (Å²) in [5.41, 5.74) is 0.104. The molecule has 0 aromatic rings. The van der Waals surface area contributed by atoms with Gasteiger partial charge in [0.1, 0.15) is 0 Å².